The fourth-order valence-corrected chi connectivity index (χ4v) is 7.63. The van der Waals surface area contributed by atoms with Gasteiger partial charge < -0.3 is 10.1 Å². The number of hydrogen-bond donors (Lipinski definition) is 3. The van der Waals surface area contributed by atoms with Crippen molar-refractivity contribution in [3.8, 4) is 5.75 Å². The summed E-state index contributed by atoms with van der Waals surface area (Å²) in [5.74, 6) is 0.222. The average molecular weight is 647 g/mol. The minimum atomic E-state index is -3.31. The van der Waals surface area contributed by atoms with Crippen molar-refractivity contribution in [2.45, 2.75) is 90.3 Å². The number of aryl methyl sites for hydroxylation is 3. The first-order valence-corrected chi connectivity index (χ1v) is 17.5. The van der Waals surface area contributed by atoms with Crippen molar-refractivity contribution < 1.29 is 18.6 Å². The van der Waals surface area contributed by atoms with Crippen molar-refractivity contribution in [3.63, 3.8) is 0 Å². The van der Waals surface area contributed by atoms with E-state index >= 15 is 0 Å². The van der Waals surface area contributed by atoms with Crippen LogP contribution in [0.4, 0.5) is 5.69 Å². The molecule has 3 N–H and O–H groups in total. The standard InChI is InChI=1S/C35H46N6O4S/c1-6-19-40-23-29(38-39-40)16-17-31(35(4,5)34(42)37-28-11-10-18-36-21-28)26-15-14-25(3)27(20-26)22-41-24-30(7-2)45-32-12-8-9-13-33(32)46(41,43)44/h8-15,18,20-21,23,30-31,43-44H,6-7,16-17,19,22,24H2,1-5H3,(H,37,42)/t30-,31-/m1/s1. The first-order valence-electron chi connectivity index (χ1n) is 16.0. The summed E-state index contributed by atoms with van der Waals surface area (Å²) in [6.07, 6.45) is 8.13. The Balaban J connectivity index is 1.48. The summed E-state index contributed by atoms with van der Waals surface area (Å²) in [5, 5.41) is 11.7. The summed E-state index contributed by atoms with van der Waals surface area (Å²) in [7, 11) is -3.31. The van der Waals surface area contributed by atoms with Crippen LogP contribution in [0.2, 0.25) is 0 Å². The molecule has 1 amide bonds. The molecule has 0 aliphatic carbocycles. The number of nitrogens with zero attached hydrogens (tertiary/aromatic N) is 5. The lowest BCUT2D eigenvalue weighted by molar-refractivity contribution is -0.125. The quantitative estimate of drug-likeness (QED) is 0.145. The number of benzene rings is 2. The van der Waals surface area contributed by atoms with Crippen molar-refractivity contribution in [2.75, 3.05) is 11.9 Å². The van der Waals surface area contributed by atoms with Crippen molar-refractivity contribution in [1.29, 1.82) is 0 Å². The van der Waals surface area contributed by atoms with Gasteiger partial charge in [0, 0.05) is 25.5 Å². The second kappa shape index (κ2) is 14.3. The number of rotatable bonds is 12. The minimum absolute atomic E-state index is 0.108. The lowest BCUT2D eigenvalue weighted by Crippen LogP contribution is -2.37. The van der Waals surface area contributed by atoms with Gasteiger partial charge in [0.1, 0.15) is 16.7 Å². The number of amides is 1. The molecule has 5 rings (SSSR count). The molecule has 1 aliphatic heterocycles. The largest absolute Gasteiger partial charge is 0.487 e. The molecule has 11 heteroatoms. The fourth-order valence-electron chi connectivity index (χ4n) is 6.01. The molecule has 2 aromatic carbocycles. The van der Waals surface area contributed by atoms with Gasteiger partial charge in [-0.1, -0.05) is 63.2 Å². The van der Waals surface area contributed by atoms with Crippen LogP contribution in [-0.2, 0) is 24.3 Å². The predicted octanol–water partition coefficient (Wildman–Crippen LogP) is 7.47. The lowest BCUT2D eigenvalue weighted by Gasteiger charge is -2.42. The molecule has 0 radical (unpaired) electrons. The molecule has 1 aliphatic rings. The number of nitrogens with one attached hydrogen (secondary N) is 1. The molecular formula is C35H46N6O4S. The summed E-state index contributed by atoms with van der Waals surface area (Å²) in [4.78, 5) is 18.4. The molecule has 0 fully saturated rings. The first-order chi connectivity index (χ1) is 22.0. The Hall–Kier alpha value is -3.77. The maximum Gasteiger partial charge on any atom is 0.230 e. The van der Waals surface area contributed by atoms with Crippen LogP contribution in [0.15, 0.2) is 78.1 Å². The number of para-hydroxylation sites is 1. The summed E-state index contributed by atoms with van der Waals surface area (Å²) >= 11 is 0. The summed E-state index contributed by atoms with van der Waals surface area (Å²) in [6.45, 7) is 11.6. The van der Waals surface area contributed by atoms with Gasteiger partial charge in [-0.2, -0.15) is 4.31 Å². The van der Waals surface area contributed by atoms with Gasteiger partial charge in [0.2, 0.25) is 5.91 Å². The van der Waals surface area contributed by atoms with Crippen LogP contribution in [0.25, 0.3) is 0 Å². The van der Waals surface area contributed by atoms with Crippen LogP contribution in [0.5, 0.6) is 5.75 Å². The zero-order chi connectivity index (χ0) is 32.9. The van der Waals surface area contributed by atoms with Crippen LogP contribution in [0.3, 0.4) is 0 Å². The number of carbonyl (C=O) groups excluding carboxylic acids is 1. The lowest BCUT2D eigenvalue weighted by atomic mass is 9.71. The zero-order valence-electron chi connectivity index (χ0n) is 27.4. The Bertz CT molecular complexity index is 1630. The number of pyridine rings is 1. The van der Waals surface area contributed by atoms with Crippen LogP contribution in [0.1, 0.15) is 75.3 Å². The third-order valence-corrected chi connectivity index (χ3v) is 10.8. The molecule has 46 heavy (non-hydrogen) atoms. The molecule has 3 heterocycles. The minimum Gasteiger partial charge on any atom is -0.487 e. The fraction of sp³-hybridized carbons (Fsp3) is 0.429. The Morgan fingerprint density at radius 3 is 2.70 bits per heavy atom. The number of hydrogen-bond acceptors (Lipinski definition) is 8. The van der Waals surface area contributed by atoms with E-state index in [2.05, 4.69) is 45.7 Å². The summed E-state index contributed by atoms with van der Waals surface area (Å²) in [5.41, 5.74) is 3.72. The Morgan fingerprint density at radius 1 is 1.15 bits per heavy atom. The molecule has 4 aromatic rings. The van der Waals surface area contributed by atoms with Gasteiger partial charge >= 0.3 is 0 Å². The molecule has 246 valence electrons. The number of anilines is 1. The highest BCUT2D eigenvalue weighted by Crippen LogP contribution is 2.57. The number of ether oxygens (including phenoxy) is 1. The van der Waals surface area contributed by atoms with E-state index in [9.17, 15) is 13.9 Å². The summed E-state index contributed by atoms with van der Waals surface area (Å²) in [6, 6.07) is 17.1. The van der Waals surface area contributed by atoms with Crippen LogP contribution in [-0.4, -0.2) is 51.9 Å². The van der Waals surface area contributed by atoms with Gasteiger partial charge in [-0.15, -0.1) is 15.9 Å². The monoisotopic (exact) mass is 646 g/mol. The smallest absolute Gasteiger partial charge is 0.230 e. The Labute approximate surface area is 273 Å². The maximum atomic E-state index is 13.9. The van der Waals surface area contributed by atoms with E-state index in [1.807, 2.05) is 50.7 Å². The molecule has 0 unspecified atom stereocenters. The molecule has 2 atom stereocenters. The molecule has 0 bridgehead atoms. The Kier molecular flexibility index (Phi) is 10.5. The van der Waals surface area contributed by atoms with Crippen molar-refractivity contribution >= 4 is 22.4 Å². The van der Waals surface area contributed by atoms with E-state index in [0.717, 1.165) is 41.8 Å². The highest BCUT2D eigenvalue weighted by molar-refractivity contribution is 8.22. The third-order valence-electron chi connectivity index (χ3n) is 8.89. The second-order valence-corrected chi connectivity index (χ2v) is 14.6. The van der Waals surface area contributed by atoms with E-state index < -0.39 is 16.2 Å². The normalized spacial score (nSPS) is 17.8. The van der Waals surface area contributed by atoms with Gasteiger partial charge in [0.25, 0.3) is 0 Å². The van der Waals surface area contributed by atoms with Crippen molar-refractivity contribution in [3.05, 3.63) is 95.6 Å². The number of aromatic nitrogens is 4. The van der Waals surface area contributed by atoms with Gasteiger partial charge in [-0.05, 0) is 79.5 Å². The molecule has 10 nitrogen and oxygen atoms in total. The zero-order valence-corrected chi connectivity index (χ0v) is 28.2. The topological polar surface area (TPSA) is 126 Å². The average Bonchev–Trinajstić information content (AvgIpc) is 3.45. The van der Waals surface area contributed by atoms with E-state index in [-0.39, 0.29) is 17.9 Å². The molecule has 2 aromatic heterocycles. The van der Waals surface area contributed by atoms with Crippen molar-refractivity contribution in [1.82, 2.24) is 24.3 Å². The highest BCUT2D eigenvalue weighted by Gasteiger charge is 2.39. The van der Waals surface area contributed by atoms with E-state index in [1.165, 1.54) is 0 Å². The van der Waals surface area contributed by atoms with Gasteiger partial charge in [-0.3, -0.25) is 23.6 Å². The molecular weight excluding hydrogens is 600 g/mol. The van der Waals surface area contributed by atoms with Crippen LogP contribution >= 0.6 is 10.8 Å². The third kappa shape index (κ3) is 7.44. The van der Waals surface area contributed by atoms with Crippen LogP contribution < -0.4 is 10.1 Å². The number of fused-ring (bicyclic) bond motifs is 1. The predicted molar refractivity (Wildman–Crippen MR) is 182 cm³/mol. The summed E-state index contributed by atoms with van der Waals surface area (Å²) < 4.78 is 33.1. The second-order valence-electron chi connectivity index (χ2n) is 12.6. The van der Waals surface area contributed by atoms with E-state index in [0.29, 0.717) is 42.3 Å². The number of carbonyl (C=O) groups is 1. The van der Waals surface area contributed by atoms with Crippen molar-refractivity contribution in [2.24, 2.45) is 5.41 Å². The van der Waals surface area contributed by atoms with Crippen LogP contribution in [0, 0.1) is 12.3 Å². The van der Waals surface area contributed by atoms with Gasteiger partial charge in [0.15, 0.2) is 0 Å². The van der Waals surface area contributed by atoms with E-state index in [4.69, 9.17) is 4.74 Å². The molecule has 0 saturated carbocycles. The Morgan fingerprint density at radius 2 is 1.96 bits per heavy atom. The molecule has 0 spiro atoms. The van der Waals surface area contributed by atoms with Gasteiger partial charge in [-0.25, -0.2) is 0 Å². The maximum absolute atomic E-state index is 13.9. The van der Waals surface area contributed by atoms with Gasteiger partial charge in [0.05, 0.1) is 29.5 Å². The van der Waals surface area contributed by atoms with E-state index in [1.54, 1.807) is 41.0 Å². The highest BCUT2D eigenvalue weighted by atomic mass is 32.3. The molecule has 0 saturated heterocycles. The first kappa shape index (κ1) is 33.6. The SMILES string of the molecule is CCCn1cc(CC[C@H](c2ccc(C)c(CN3C[C@@H](CC)Oc4ccccc4S3(O)O)c2)C(C)(C)C(=O)Nc2cccnc2)nn1.